The first-order chi connectivity index (χ1) is 11.4. The molecule has 0 saturated carbocycles. The van der Waals surface area contributed by atoms with Crippen LogP contribution in [0.2, 0.25) is 0 Å². The van der Waals surface area contributed by atoms with Crippen LogP contribution < -0.4 is 5.32 Å². The predicted molar refractivity (Wildman–Crippen MR) is 95.1 cm³/mol. The number of carbonyl (C=O) groups is 2. The number of nitrogens with zero attached hydrogens (tertiary/aromatic N) is 1. The van der Waals surface area contributed by atoms with E-state index in [2.05, 4.69) is 10.5 Å². The molecule has 0 unspecified atom stereocenters. The molecule has 0 aliphatic heterocycles. The van der Waals surface area contributed by atoms with Crippen molar-refractivity contribution in [2.75, 3.05) is 5.75 Å². The van der Waals surface area contributed by atoms with Crippen molar-refractivity contribution in [1.82, 2.24) is 10.5 Å². The number of hydrogen-bond acceptors (Lipinski definition) is 6. The minimum absolute atomic E-state index is 0.0899. The van der Waals surface area contributed by atoms with Crippen LogP contribution in [0.5, 0.6) is 0 Å². The van der Waals surface area contributed by atoms with Gasteiger partial charge in [-0.05, 0) is 24.8 Å². The van der Waals surface area contributed by atoms with Crippen molar-refractivity contribution in [2.24, 2.45) is 0 Å². The fraction of sp³-hybridized carbons (Fsp3) is 0.438. The number of aromatic nitrogens is 1. The Morgan fingerprint density at radius 3 is 2.92 bits per heavy atom. The highest BCUT2D eigenvalue weighted by molar-refractivity contribution is 7.99. The van der Waals surface area contributed by atoms with Gasteiger partial charge in [0, 0.05) is 17.4 Å². The lowest BCUT2D eigenvalue weighted by Crippen LogP contribution is -2.47. The van der Waals surface area contributed by atoms with Crippen LogP contribution >= 0.6 is 23.1 Å². The molecule has 2 N–H and O–H groups in total. The lowest BCUT2D eigenvalue weighted by molar-refractivity contribution is -0.138. The van der Waals surface area contributed by atoms with Gasteiger partial charge in [-0.25, -0.2) is 0 Å². The first-order valence-electron chi connectivity index (χ1n) is 7.52. The molecule has 2 aromatic rings. The number of amides is 1. The smallest absolute Gasteiger partial charge is 0.305 e. The van der Waals surface area contributed by atoms with Gasteiger partial charge in [-0.3, -0.25) is 9.59 Å². The lowest BCUT2D eigenvalue weighted by Gasteiger charge is -2.27. The van der Waals surface area contributed by atoms with E-state index in [-0.39, 0.29) is 18.1 Å². The van der Waals surface area contributed by atoms with Crippen LogP contribution in [-0.4, -0.2) is 33.4 Å². The molecule has 0 aromatic carbocycles. The normalized spacial score (nSPS) is 13.4. The molecule has 0 aliphatic carbocycles. The molecule has 1 atom stereocenters. The number of aliphatic carboxylic acids is 1. The summed E-state index contributed by atoms with van der Waals surface area (Å²) in [4.78, 5) is 23.9. The average molecular weight is 368 g/mol. The first kappa shape index (κ1) is 18.5. The maximum absolute atomic E-state index is 12.0. The summed E-state index contributed by atoms with van der Waals surface area (Å²) in [6, 6.07) is 5.78. The summed E-state index contributed by atoms with van der Waals surface area (Å²) < 4.78 is 5.29. The summed E-state index contributed by atoms with van der Waals surface area (Å²) in [6.45, 7) is 3.60. The highest BCUT2D eigenvalue weighted by Gasteiger charge is 2.27. The molecule has 0 spiro atoms. The van der Waals surface area contributed by atoms with E-state index in [1.54, 1.807) is 18.3 Å². The van der Waals surface area contributed by atoms with E-state index >= 15 is 0 Å². The third kappa shape index (κ3) is 5.38. The van der Waals surface area contributed by atoms with Crippen LogP contribution in [0.15, 0.2) is 28.1 Å². The molecule has 2 aromatic heterocycles. The molecule has 2 rings (SSSR count). The number of thioether (sulfide) groups is 1. The standard InChI is InChI=1S/C16H20N2O4S2/c1-3-16(2,8-15(20)21)17-14(19)10-23-9-11-7-12(22-18-11)13-5-4-6-24-13/h4-7H,3,8-10H2,1-2H3,(H,17,19)(H,20,21)/t16-/m0/s1. The zero-order valence-electron chi connectivity index (χ0n) is 13.6. The van der Waals surface area contributed by atoms with Gasteiger partial charge >= 0.3 is 5.97 Å². The highest BCUT2D eigenvalue weighted by Crippen LogP contribution is 2.26. The van der Waals surface area contributed by atoms with Crippen LogP contribution in [0, 0.1) is 0 Å². The van der Waals surface area contributed by atoms with Crippen molar-refractivity contribution in [3.8, 4) is 10.6 Å². The molecule has 0 saturated heterocycles. The molecule has 24 heavy (non-hydrogen) atoms. The fourth-order valence-electron chi connectivity index (χ4n) is 2.13. The molecule has 2 heterocycles. The number of carboxylic acid groups (broad SMARTS) is 1. The van der Waals surface area contributed by atoms with Gasteiger partial charge in [0.25, 0.3) is 0 Å². The fourth-order valence-corrected chi connectivity index (χ4v) is 3.51. The number of hydrogen-bond donors (Lipinski definition) is 2. The first-order valence-corrected chi connectivity index (χ1v) is 9.55. The second-order valence-electron chi connectivity index (χ2n) is 5.69. The van der Waals surface area contributed by atoms with E-state index in [1.807, 2.05) is 30.5 Å². The summed E-state index contributed by atoms with van der Waals surface area (Å²) in [5, 5.41) is 17.7. The van der Waals surface area contributed by atoms with E-state index in [0.717, 1.165) is 16.3 Å². The Morgan fingerprint density at radius 1 is 1.50 bits per heavy atom. The van der Waals surface area contributed by atoms with Gasteiger partial charge in [0.2, 0.25) is 5.91 Å². The Bertz CT molecular complexity index is 684. The van der Waals surface area contributed by atoms with Crippen LogP contribution in [0.4, 0.5) is 0 Å². The van der Waals surface area contributed by atoms with E-state index in [1.165, 1.54) is 11.8 Å². The molecule has 0 fully saturated rings. The molecular formula is C16H20N2O4S2. The molecule has 0 radical (unpaired) electrons. The lowest BCUT2D eigenvalue weighted by atomic mass is 9.94. The average Bonchev–Trinajstić information content (AvgIpc) is 3.17. The Kier molecular flexibility index (Phi) is 6.44. The Hall–Kier alpha value is -1.80. The van der Waals surface area contributed by atoms with Crippen LogP contribution in [0.1, 0.15) is 32.4 Å². The molecule has 0 aliphatic rings. The highest BCUT2D eigenvalue weighted by atomic mass is 32.2. The van der Waals surface area contributed by atoms with Crippen molar-refractivity contribution in [3.05, 3.63) is 29.3 Å². The molecule has 1 amide bonds. The second-order valence-corrected chi connectivity index (χ2v) is 7.62. The van der Waals surface area contributed by atoms with Crippen molar-refractivity contribution < 1.29 is 19.2 Å². The van der Waals surface area contributed by atoms with E-state index in [4.69, 9.17) is 9.63 Å². The number of carboxylic acids is 1. The van der Waals surface area contributed by atoms with Crippen molar-refractivity contribution in [1.29, 1.82) is 0 Å². The maximum atomic E-state index is 12.0. The topological polar surface area (TPSA) is 92.4 Å². The quantitative estimate of drug-likeness (QED) is 0.705. The third-order valence-electron chi connectivity index (χ3n) is 3.57. The number of carbonyl (C=O) groups excluding carboxylic acids is 1. The van der Waals surface area contributed by atoms with Gasteiger partial charge < -0.3 is 14.9 Å². The predicted octanol–water partition coefficient (Wildman–Crippen LogP) is 3.40. The third-order valence-corrected chi connectivity index (χ3v) is 5.42. The van der Waals surface area contributed by atoms with Gasteiger partial charge in [0.1, 0.15) is 0 Å². The van der Waals surface area contributed by atoms with Crippen molar-refractivity contribution in [2.45, 2.75) is 38.0 Å². The number of nitrogens with one attached hydrogen (secondary N) is 1. The van der Waals surface area contributed by atoms with Crippen LogP contribution in [0.3, 0.4) is 0 Å². The van der Waals surface area contributed by atoms with Crippen molar-refractivity contribution in [3.63, 3.8) is 0 Å². The number of thiophene rings is 1. The molecule has 0 bridgehead atoms. The van der Waals surface area contributed by atoms with E-state index in [9.17, 15) is 9.59 Å². The Balaban J connectivity index is 1.79. The second kappa shape index (κ2) is 8.34. The van der Waals surface area contributed by atoms with E-state index in [0.29, 0.717) is 12.2 Å². The summed E-state index contributed by atoms with van der Waals surface area (Å²) in [5.74, 6) is 0.439. The Morgan fingerprint density at radius 2 is 2.29 bits per heavy atom. The Labute approximate surface area is 148 Å². The SMILES string of the molecule is CC[C@@](C)(CC(=O)O)NC(=O)CSCc1cc(-c2cccs2)on1. The summed E-state index contributed by atoms with van der Waals surface area (Å²) in [7, 11) is 0. The summed E-state index contributed by atoms with van der Waals surface area (Å²) in [5.41, 5.74) is 0.0592. The van der Waals surface area contributed by atoms with Gasteiger partial charge in [-0.1, -0.05) is 18.1 Å². The zero-order chi connectivity index (χ0) is 17.6. The molecular weight excluding hydrogens is 348 g/mol. The zero-order valence-corrected chi connectivity index (χ0v) is 15.2. The minimum Gasteiger partial charge on any atom is -0.481 e. The minimum atomic E-state index is -0.920. The van der Waals surface area contributed by atoms with Gasteiger partial charge in [-0.15, -0.1) is 23.1 Å². The maximum Gasteiger partial charge on any atom is 0.305 e. The van der Waals surface area contributed by atoms with Gasteiger partial charge in [-0.2, -0.15) is 0 Å². The molecule has 6 nitrogen and oxygen atoms in total. The monoisotopic (exact) mass is 368 g/mol. The molecule has 130 valence electrons. The summed E-state index contributed by atoms with van der Waals surface area (Å²) in [6.07, 6.45) is 0.469. The van der Waals surface area contributed by atoms with Crippen molar-refractivity contribution >= 4 is 35.0 Å². The summed E-state index contributed by atoms with van der Waals surface area (Å²) >= 11 is 3.00. The van der Waals surface area contributed by atoms with E-state index < -0.39 is 11.5 Å². The largest absolute Gasteiger partial charge is 0.481 e. The van der Waals surface area contributed by atoms with Crippen LogP contribution in [0.25, 0.3) is 10.6 Å². The number of rotatable bonds is 9. The van der Waals surface area contributed by atoms with Crippen LogP contribution in [-0.2, 0) is 15.3 Å². The van der Waals surface area contributed by atoms with Gasteiger partial charge in [0.05, 0.1) is 22.7 Å². The molecule has 8 heteroatoms. The van der Waals surface area contributed by atoms with Gasteiger partial charge in [0.15, 0.2) is 5.76 Å².